The monoisotopic (exact) mass is 292 g/mol. The molecule has 2 atom stereocenters. The first-order valence-corrected chi connectivity index (χ1v) is 6.15. The second-order valence-electron chi connectivity index (χ2n) is 3.42. The number of carbonyl (C=O) groups is 1. The standard InChI is InChI=1S/C11H14BrClO2/c1-2-3-8-15-10(14)9-6-4-5-7-11(9,12)13/h4-7,9H,2-3,8H2,1H3. The molecule has 0 saturated carbocycles. The van der Waals surface area contributed by atoms with Gasteiger partial charge in [0.1, 0.15) is 9.70 Å². The zero-order valence-corrected chi connectivity index (χ0v) is 10.9. The number of ether oxygens (including phenoxy) is 1. The Bertz CT molecular complexity index is 284. The Hall–Kier alpha value is -0.280. The van der Waals surface area contributed by atoms with Gasteiger partial charge in [0.15, 0.2) is 0 Å². The first-order valence-electron chi connectivity index (χ1n) is 4.98. The quantitative estimate of drug-likeness (QED) is 0.451. The lowest BCUT2D eigenvalue weighted by Gasteiger charge is -2.25. The van der Waals surface area contributed by atoms with Crippen LogP contribution in [0.5, 0.6) is 0 Å². The summed E-state index contributed by atoms with van der Waals surface area (Å²) < 4.78 is 4.28. The fraction of sp³-hybridized carbons (Fsp3) is 0.545. The van der Waals surface area contributed by atoms with E-state index in [1.807, 2.05) is 6.92 Å². The van der Waals surface area contributed by atoms with Crippen molar-refractivity contribution in [3.63, 3.8) is 0 Å². The molecule has 0 radical (unpaired) electrons. The molecule has 4 heteroatoms. The molecule has 0 heterocycles. The average molecular weight is 294 g/mol. The maximum Gasteiger partial charge on any atom is 0.315 e. The van der Waals surface area contributed by atoms with Crippen molar-refractivity contribution in [1.82, 2.24) is 0 Å². The fourth-order valence-electron chi connectivity index (χ4n) is 1.23. The SMILES string of the molecule is CCCCOC(=O)C1C=CC=CC1(Cl)Br. The summed E-state index contributed by atoms with van der Waals surface area (Å²) in [5.74, 6) is -0.739. The van der Waals surface area contributed by atoms with Gasteiger partial charge < -0.3 is 4.74 Å². The highest BCUT2D eigenvalue weighted by Crippen LogP contribution is 2.38. The number of halogens is 2. The topological polar surface area (TPSA) is 26.3 Å². The van der Waals surface area contributed by atoms with Gasteiger partial charge in [-0.2, -0.15) is 0 Å². The maximum absolute atomic E-state index is 11.7. The molecule has 1 aliphatic carbocycles. The van der Waals surface area contributed by atoms with E-state index < -0.39 is 9.70 Å². The lowest BCUT2D eigenvalue weighted by molar-refractivity contribution is -0.146. The van der Waals surface area contributed by atoms with Gasteiger partial charge in [-0.3, -0.25) is 4.79 Å². The van der Waals surface area contributed by atoms with Crippen molar-refractivity contribution in [2.24, 2.45) is 5.92 Å². The summed E-state index contributed by atoms with van der Waals surface area (Å²) in [5, 5.41) is 0. The van der Waals surface area contributed by atoms with E-state index >= 15 is 0 Å². The molecule has 0 bridgehead atoms. The molecule has 84 valence electrons. The van der Waals surface area contributed by atoms with Crippen LogP contribution in [0.3, 0.4) is 0 Å². The van der Waals surface area contributed by atoms with Crippen LogP contribution in [0.25, 0.3) is 0 Å². The van der Waals surface area contributed by atoms with Crippen LogP contribution in [-0.2, 0) is 9.53 Å². The zero-order valence-electron chi connectivity index (χ0n) is 8.58. The number of rotatable bonds is 4. The van der Waals surface area contributed by atoms with Gasteiger partial charge in [0.05, 0.1) is 6.61 Å². The zero-order chi connectivity index (χ0) is 11.3. The van der Waals surface area contributed by atoms with Crippen LogP contribution in [0.2, 0.25) is 0 Å². The molecule has 0 amide bonds. The molecule has 2 nitrogen and oxygen atoms in total. The third-order valence-electron chi connectivity index (χ3n) is 2.14. The summed E-state index contributed by atoms with van der Waals surface area (Å²) in [6.07, 6.45) is 8.98. The van der Waals surface area contributed by atoms with Crippen LogP contribution in [0, 0.1) is 5.92 Å². The van der Waals surface area contributed by atoms with E-state index in [0.29, 0.717) is 6.61 Å². The van der Waals surface area contributed by atoms with Crippen LogP contribution in [0.15, 0.2) is 24.3 Å². The first kappa shape index (κ1) is 12.8. The van der Waals surface area contributed by atoms with Gasteiger partial charge in [0.2, 0.25) is 0 Å². The van der Waals surface area contributed by atoms with Gasteiger partial charge in [0, 0.05) is 0 Å². The molecule has 0 aromatic heterocycles. The van der Waals surface area contributed by atoms with Gasteiger partial charge >= 0.3 is 5.97 Å². The highest BCUT2D eigenvalue weighted by atomic mass is 79.9. The molecule has 0 fully saturated rings. The number of carbonyl (C=O) groups excluding carboxylic acids is 1. The van der Waals surface area contributed by atoms with E-state index in [4.69, 9.17) is 16.3 Å². The van der Waals surface area contributed by atoms with E-state index in [2.05, 4.69) is 15.9 Å². The van der Waals surface area contributed by atoms with Crippen molar-refractivity contribution >= 4 is 33.5 Å². The Balaban J connectivity index is 2.52. The van der Waals surface area contributed by atoms with E-state index in [1.54, 1.807) is 24.3 Å². The Kier molecular flexibility index (Phi) is 4.87. The molecule has 0 saturated heterocycles. The maximum atomic E-state index is 11.7. The minimum Gasteiger partial charge on any atom is -0.465 e. The number of esters is 1. The molecule has 0 spiro atoms. The summed E-state index contributed by atoms with van der Waals surface area (Å²) in [6, 6.07) is 0. The van der Waals surface area contributed by atoms with Crippen LogP contribution in [0.4, 0.5) is 0 Å². The molecule has 15 heavy (non-hydrogen) atoms. The van der Waals surface area contributed by atoms with Gasteiger partial charge in [-0.1, -0.05) is 53.6 Å². The number of allylic oxidation sites excluding steroid dienone is 3. The third-order valence-corrected chi connectivity index (χ3v) is 3.26. The summed E-state index contributed by atoms with van der Waals surface area (Å²) in [4.78, 5) is 11.7. The number of hydrogen-bond acceptors (Lipinski definition) is 2. The van der Waals surface area contributed by atoms with E-state index in [0.717, 1.165) is 12.8 Å². The van der Waals surface area contributed by atoms with Crippen LogP contribution < -0.4 is 0 Å². The molecule has 0 aliphatic heterocycles. The first-order chi connectivity index (χ1) is 7.08. The molecule has 0 aromatic carbocycles. The molecule has 2 unspecified atom stereocenters. The lowest BCUT2D eigenvalue weighted by atomic mass is 10.0. The van der Waals surface area contributed by atoms with Gasteiger partial charge in [-0.05, 0) is 6.42 Å². The van der Waals surface area contributed by atoms with Crippen LogP contribution in [0.1, 0.15) is 19.8 Å². The van der Waals surface area contributed by atoms with Crippen molar-refractivity contribution in [3.8, 4) is 0 Å². The Morgan fingerprint density at radius 2 is 2.33 bits per heavy atom. The Morgan fingerprint density at radius 3 is 2.93 bits per heavy atom. The predicted molar refractivity (Wildman–Crippen MR) is 65.1 cm³/mol. The van der Waals surface area contributed by atoms with E-state index in [-0.39, 0.29) is 5.97 Å². The van der Waals surface area contributed by atoms with Crippen LogP contribution >= 0.6 is 27.5 Å². The summed E-state index contributed by atoms with van der Waals surface area (Å²) >= 11 is 9.42. The van der Waals surface area contributed by atoms with Gasteiger partial charge in [-0.25, -0.2) is 0 Å². The van der Waals surface area contributed by atoms with Gasteiger partial charge in [0.25, 0.3) is 0 Å². The fourth-order valence-corrected chi connectivity index (χ4v) is 1.96. The van der Waals surface area contributed by atoms with Crippen LogP contribution in [-0.4, -0.2) is 16.4 Å². The number of hydrogen-bond donors (Lipinski definition) is 0. The van der Waals surface area contributed by atoms with Crippen molar-refractivity contribution in [1.29, 1.82) is 0 Å². The van der Waals surface area contributed by atoms with Crippen molar-refractivity contribution in [2.75, 3.05) is 6.61 Å². The molecule has 1 aliphatic rings. The third kappa shape index (κ3) is 3.65. The Labute approximate surface area is 103 Å². The highest BCUT2D eigenvalue weighted by molar-refractivity contribution is 9.10. The normalized spacial score (nSPS) is 29.1. The molecule has 0 N–H and O–H groups in total. The molecular weight excluding hydrogens is 279 g/mol. The molecule has 1 rings (SSSR count). The smallest absolute Gasteiger partial charge is 0.315 e. The Morgan fingerprint density at radius 1 is 1.60 bits per heavy atom. The minimum atomic E-state index is -0.842. The average Bonchev–Trinajstić information content (AvgIpc) is 2.17. The highest BCUT2D eigenvalue weighted by Gasteiger charge is 2.37. The summed E-state index contributed by atoms with van der Waals surface area (Å²) in [5.41, 5.74) is 0. The second-order valence-corrected chi connectivity index (χ2v) is 5.81. The van der Waals surface area contributed by atoms with E-state index in [9.17, 15) is 4.79 Å². The second kappa shape index (κ2) is 5.71. The molecule has 0 aromatic rings. The van der Waals surface area contributed by atoms with Crippen molar-refractivity contribution < 1.29 is 9.53 Å². The summed E-state index contributed by atoms with van der Waals surface area (Å²) in [6.45, 7) is 2.51. The molecular formula is C11H14BrClO2. The van der Waals surface area contributed by atoms with E-state index in [1.165, 1.54) is 0 Å². The lowest BCUT2D eigenvalue weighted by Crippen LogP contribution is -2.31. The summed E-state index contributed by atoms with van der Waals surface area (Å²) in [7, 11) is 0. The number of alkyl halides is 2. The van der Waals surface area contributed by atoms with Crippen molar-refractivity contribution in [2.45, 2.75) is 23.5 Å². The predicted octanol–water partition coefficient (Wildman–Crippen LogP) is 3.40. The van der Waals surface area contributed by atoms with Gasteiger partial charge in [-0.15, -0.1) is 11.6 Å². The van der Waals surface area contributed by atoms with Crippen molar-refractivity contribution in [3.05, 3.63) is 24.3 Å². The number of unbranched alkanes of at least 4 members (excludes halogenated alkanes) is 1. The minimum absolute atomic E-state index is 0.282. The largest absolute Gasteiger partial charge is 0.465 e.